The van der Waals surface area contributed by atoms with Crippen molar-refractivity contribution in [3.63, 3.8) is 0 Å². The highest BCUT2D eigenvalue weighted by Crippen LogP contribution is 2.20. The molecule has 1 aliphatic rings. The molecule has 16 heavy (non-hydrogen) atoms. The Bertz CT molecular complexity index is 203. The van der Waals surface area contributed by atoms with Crippen LogP contribution in [0.25, 0.3) is 0 Å². The highest BCUT2D eigenvalue weighted by Gasteiger charge is 2.32. The van der Waals surface area contributed by atoms with Gasteiger partial charge in [0.15, 0.2) is 0 Å². The predicted octanol–water partition coefficient (Wildman–Crippen LogP) is 2.80. The van der Waals surface area contributed by atoms with Crippen molar-refractivity contribution >= 4 is 5.97 Å². The van der Waals surface area contributed by atoms with Gasteiger partial charge in [-0.1, -0.05) is 45.4 Å². The molecule has 0 unspecified atom stereocenters. The van der Waals surface area contributed by atoms with Gasteiger partial charge in [-0.05, 0) is 12.8 Å². The van der Waals surface area contributed by atoms with Gasteiger partial charge in [0, 0.05) is 0 Å². The van der Waals surface area contributed by atoms with E-state index in [0.29, 0.717) is 0 Å². The van der Waals surface area contributed by atoms with Gasteiger partial charge >= 0.3 is 5.97 Å². The predicted molar refractivity (Wildman–Crippen MR) is 63.1 cm³/mol. The van der Waals surface area contributed by atoms with Crippen molar-refractivity contribution in [2.24, 2.45) is 0 Å². The van der Waals surface area contributed by atoms with Gasteiger partial charge < -0.3 is 9.84 Å². The van der Waals surface area contributed by atoms with Crippen LogP contribution in [-0.2, 0) is 9.53 Å². The van der Waals surface area contributed by atoms with Gasteiger partial charge in [0.1, 0.15) is 12.2 Å². The van der Waals surface area contributed by atoms with Crippen LogP contribution in [0.1, 0.15) is 64.7 Å². The number of hydrogen-bond donors (Lipinski definition) is 1. The normalized spacial score (nSPS) is 24.8. The van der Waals surface area contributed by atoms with Gasteiger partial charge in [0.05, 0.1) is 6.42 Å². The van der Waals surface area contributed by atoms with E-state index in [4.69, 9.17) is 4.74 Å². The van der Waals surface area contributed by atoms with Crippen molar-refractivity contribution in [3.05, 3.63) is 0 Å². The molecule has 0 aliphatic carbocycles. The smallest absolute Gasteiger partial charge is 0.308 e. The average Bonchev–Trinajstić information content (AvgIpc) is 2.56. The first-order chi connectivity index (χ1) is 7.74. The second kappa shape index (κ2) is 7.66. The lowest BCUT2D eigenvalue weighted by Gasteiger charge is -2.12. The van der Waals surface area contributed by atoms with Crippen molar-refractivity contribution in [2.45, 2.75) is 76.9 Å². The Morgan fingerprint density at radius 3 is 2.38 bits per heavy atom. The Morgan fingerprint density at radius 2 is 1.81 bits per heavy atom. The third-order valence-electron chi connectivity index (χ3n) is 3.18. The summed E-state index contributed by atoms with van der Waals surface area (Å²) in [5.41, 5.74) is 0. The van der Waals surface area contributed by atoms with E-state index in [1.54, 1.807) is 0 Å². The summed E-state index contributed by atoms with van der Waals surface area (Å²) in [5, 5.41) is 9.49. The van der Waals surface area contributed by atoms with Crippen LogP contribution in [0.3, 0.4) is 0 Å². The summed E-state index contributed by atoms with van der Waals surface area (Å²) in [5.74, 6) is -0.250. The first kappa shape index (κ1) is 13.5. The lowest BCUT2D eigenvalue weighted by atomic mass is 10.0. The summed E-state index contributed by atoms with van der Waals surface area (Å²) in [4.78, 5) is 10.9. The van der Waals surface area contributed by atoms with Crippen LogP contribution < -0.4 is 0 Å². The third-order valence-corrected chi connectivity index (χ3v) is 3.18. The minimum Gasteiger partial charge on any atom is -0.460 e. The Morgan fingerprint density at radius 1 is 1.19 bits per heavy atom. The van der Waals surface area contributed by atoms with Crippen LogP contribution in [-0.4, -0.2) is 23.3 Å². The maximum absolute atomic E-state index is 10.9. The third kappa shape index (κ3) is 4.97. The molecule has 2 atom stereocenters. The molecule has 94 valence electrons. The molecule has 0 aromatic rings. The van der Waals surface area contributed by atoms with Crippen LogP contribution in [0.4, 0.5) is 0 Å². The fraction of sp³-hybridized carbons (Fsp3) is 0.923. The van der Waals surface area contributed by atoms with Crippen LogP contribution >= 0.6 is 0 Å². The molecule has 0 bridgehead atoms. The molecule has 0 aromatic carbocycles. The summed E-state index contributed by atoms with van der Waals surface area (Å²) in [7, 11) is 0. The Balaban J connectivity index is 1.93. The number of rotatable bonds is 8. The molecule has 3 nitrogen and oxygen atoms in total. The summed E-state index contributed by atoms with van der Waals surface area (Å²) >= 11 is 0. The zero-order valence-electron chi connectivity index (χ0n) is 10.3. The summed E-state index contributed by atoms with van der Waals surface area (Å²) in [6.07, 6.45) is 8.96. The number of aliphatic hydroxyl groups excluding tert-OH is 1. The Hall–Kier alpha value is -0.570. The van der Waals surface area contributed by atoms with E-state index in [9.17, 15) is 9.90 Å². The van der Waals surface area contributed by atoms with E-state index in [2.05, 4.69) is 6.92 Å². The highest BCUT2D eigenvalue weighted by atomic mass is 16.6. The molecule has 1 fully saturated rings. The molecule has 1 heterocycles. The van der Waals surface area contributed by atoms with Crippen molar-refractivity contribution in [3.8, 4) is 0 Å². The fourth-order valence-electron chi connectivity index (χ4n) is 2.15. The van der Waals surface area contributed by atoms with E-state index in [-0.39, 0.29) is 18.5 Å². The van der Waals surface area contributed by atoms with Gasteiger partial charge in [-0.2, -0.15) is 0 Å². The number of carbonyl (C=O) groups is 1. The maximum atomic E-state index is 10.9. The van der Waals surface area contributed by atoms with E-state index in [1.807, 2.05) is 0 Å². The molecule has 0 aromatic heterocycles. The average molecular weight is 228 g/mol. The highest BCUT2D eigenvalue weighted by molar-refractivity contribution is 5.72. The number of cyclic esters (lactones) is 1. The summed E-state index contributed by atoms with van der Waals surface area (Å²) in [6.45, 7) is 2.22. The topological polar surface area (TPSA) is 46.5 Å². The molecule has 0 amide bonds. The second-order valence-electron chi connectivity index (χ2n) is 4.71. The van der Waals surface area contributed by atoms with Gasteiger partial charge in [-0.25, -0.2) is 0 Å². The monoisotopic (exact) mass is 228 g/mol. The van der Waals surface area contributed by atoms with Crippen LogP contribution in [0.15, 0.2) is 0 Å². The number of hydrogen-bond acceptors (Lipinski definition) is 3. The number of esters is 1. The minimum atomic E-state index is -0.562. The number of aliphatic hydroxyl groups is 1. The molecule has 1 aliphatic heterocycles. The first-order valence-electron chi connectivity index (χ1n) is 6.61. The molecule has 1 saturated heterocycles. The lowest BCUT2D eigenvalue weighted by Crippen LogP contribution is -2.20. The van der Waals surface area contributed by atoms with Gasteiger partial charge in [-0.15, -0.1) is 0 Å². The number of carbonyl (C=O) groups excluding carboxylic acids is 1. The van der Waals surface area contributed by atoms with Gasteiger partial charge in [0.25, 0.3) is 0 Å². The lowest BCUT2D eigenvalue weighted by molar-refractivity contribution is -0.142. The quantitative estimate of drug-likeness (QED) is 0.513. The fourth-order valence-corrected chi connectivity index (χ4v) is 2.15. The van der Waals surface area contributed by atoms with Crippen LogP contribution in [0.2, 0.25) is 0 Å². The molecule has 0 radical (unpaired) electrons. The van der Waals surface area contributed by atoms with Crippen LogP contribution in [0.5, 0.6) is 0 Å². The van der Waals surface area contributed by atoms with E-state index in [1.165, 1.54) is 38.5 Å². The van der Waals surface area contributed by atoms with Gasteiger partial charge in [-0.3, -0.25) is 4.79 Å². The molecule has 3 heteroatoms. The summed E-state index contributed by atoms with van der Waals surface area (Å²) in [6, 6.07) is 0. The van der Waals surface area contributed by atoms with E-state index in [0.717, 1.165) is 12.8 Å². The maximum Gasteiger partial charge on any atom is 0.308 e. The minimum absolute atomic E-state index is 0.182. The van der Waals surface area contributed by atoms with Crippen molar-refractivity contribution in [1.29, 1.82) is 0 Å². The molecule has 1 rings (SSSR count). The first-order valence-corrected chi connectivity index (χ1v) is 6.61. The van der Waals surface area contributed by atoms with Gasteiger partial charge in [0.2, 0.25) is 0 Å². The summed E-state index contributed by atoms with van der Waals surface area (Å²) < 4.78 is 5.03. The molecular weight excluding hydrogens is 204 g/mol. The molecular formula is C13H24O3. The molecule has 0 spiro atoms. The largest absolute Gasteiger partial charge is 0.460 e. The van der Waals surface area contributed by atoms with E-state index >= 15 is 0 Å². The second-order valence-corrected chi connectivity index (χ2v) is 4.71. The zero-order chi connectivity index (χ0) is 11.8. The Kier molecular flexibility index (Phi) is 6.46. The van der Waals surface area contributed by atoms with E-state index < -0.39 is 6.10 Å². The zero-order valence-corrected chi connectivity index (χ0v) is 10.3. The standard InChI is InChI=1S/C13H24O3/c1-2-3-4-5-6-7-8-9-12-11(14)10-13(15)16-12/h11-12,14H,2-10H2,1H3/t11-,12-/m1/s1. The SMILES string of the molecule is CCCCCCCCC[C@H]1OC(=O)C[C@H]1O. The molecule has 1 N–H and O–H groups in total. The number of unbranched alkanes of at least 4 members (excludes halogenated alkanes) is 6. The van der Waals surface area contributed by atoms with Crippen molar-refractivity contribution in [2.75, 3.05) is 0 Å². The number of ether oxygens (including phenoxy) is 1. The molecule has 0 saturated carbocycles. The van der Waals surface area contributed by atoms with Crippen LogP contribution in [0, 0.1) is 0 Å². The van der Waals surface area contributed by atoms with Crippen molar-refractivity contribution < 1.29 is 14.6 Å². The van der Waals surface area contributed by atoms with Crippen molar-refractivity contribution in [1.82, 2.24) is 0 Å². The Labute approximate surface area is 98.2 Å².